The Labute approximate surface area is 54.0 Å². The molecule has 0 bridgehead atoms. The first-order chi connectivity index (χ1) is 4.20. The molecule has 0 spiro atoms. The minimum atomic E-state index is 0.109. The smallest absolute Gasteiger partial charge is 0.110 e. The summed E-state index contributed by atoms with van der Waals surface area (Å²) in [5.74, 6) is 0. The van der Waals surface area contributed by atoms with Gasteiger partial charge in [0, 0.05) is 6.54 Å². The maximum atomic E-state index is 11.5. The van der Waals surface area contributed by atoms with Crippen LogP contribution in [0.5, 0.6) is 0 Å². The van der Waals surface area contributed by atoms with E-state index in [9.17, 15) is 4.39 Å². The zero-order valence-corrected chi connectivity index (χ0v) is 5.39. The zero-order chi connectivity index (χ0) is 7.28. The quantitative estimate of drug-likeness (QED) is 0.539. The Morgan fingerprint density at radius 2 is 2.22 bits per heavy atom. The molecule has 0 saturated carbocycles. The largest absolute Gasteiger partial charge is 0.397 e. The highest BCUT2D eigenvalue weighted by atomic mass is 19.1. The third-order valence-electron chi connectivity index (χ3n) is 0.861. The first kappa shape index (κ1) is 8.17. The van der Waals surface area contributed by atoms with Crippen LogP contribution in [0.4, 0.5) is 4.39 Å². The van der Waals surface area contributed by atoms with E-state index in [0.29, 0.717) is 12.9 Å². The first-order valence-corrected chi connectivity index (χ1v) is 2.63. The number of halogens is 1. The average molecular weight is 130 g/mol. The fourth-order valence-electron chi connectivity index (χ4n) is 0.375. The molecule has 3 heteroatoms. The van der Waals surface area contributed by atoms with Gasteiger partial charge in [-0.25, -0.2) is 4.39 Å². The summed E-state index contributed by atoms with van der Waals surface area (Å²) >= 11 is 0. The molecule has 9 heavy (non-hydrogen) atoms. The van der Waals surface area contributed by atoms with Gasteiger partial charge in [0.2, 0.25) is 0 Å². The summed E-state index contributed by atoms with van der Waals surface area (Å²) in [5.41, 5.74) is 11.3. The summed E-state index contributed by atoms with van der Waals surface area (Å²) in [4.78, 5) is 0. The third-order valence-corrected chi connectivity index (χ3v) is 0.861. The Hall–Kier alpha value is -0.830. The molecule has 52 valence electrons. The summed E-state index contributed by atoms with van der Waals surface area (Å²) in [5, 5.41) is 0. The van der Waals surface area contributed by atoms with Crippen molar-refractivity contribution in [3.8, 4) is 0 Å². The number of hydrogen-bond donors (Lipinski definition) is 2. The van der Waals surface area contributed by atoms with Gasteiger partial charge in [-0.2, -0.15) is 0 Å². The fourth-order valence-corrected chi connectivity index (χ4v) is 0.375. The van der Waals surface area contributed by atoms with Crippen LogP contribution in [-0.2, 0) is 0 Å². The Kier molecular flexibility index (Phi) is 3.71. The molecule has 0 aliphatic heterocycles. The molecule has 0 atom stereocenters. The minimum Gasteiger partial charge on any atom is -0.397 e. The normalized spacial score (nSPS) is 14.1. The molecular formula is C6H11FN2. The monoisotopic (exact) mass is 130 g/mol. The minimum absolute atomic E-state index is 0.109. The maximum absolute atomic E-state index is 11.5. The van der Waals surface area contributed by atoms with E-state index in [4.69, 9.17) is 11.5 Å². The lowest BCUT2D eigenvalue weighted by molar-refractivity contribution is 0.711. The molecule has 0 saturated heterocycles. The second-order valence-electron chi connectivity index (χ2n) is 1.80. The predicted octanol–water partition coefficient (Wildman–Crippen LogP) is 0.661. The lowest BCUT2D eigenvalue weighted by atomic mass is 10.2. The second-order valence-corrected chi connectivity index (χ2v) is 1.80. The van der Waals surface area contributed by atoms with Crippen molar-refractivity contribution in [3.05, 3.63) is 23.7 Å². The van der Waals surface area contributed by atoms with Crippen molar-refractivity contribution >= 4 is 0 Å². The molecule has 0 fully saturated rings. The Balaban J connectivity index is 3.95. The van der Waals surface area contributed by atoms with Crippen molar-refractivity contribution in [2.45, 2.75) is 6.92 Å². The molecule has 0 aliphatic rings. The first-order valence-electron chi connectivity index (χ1n) is 2.63. The Morgan fingerprint density at radius 1 is 1.67 bits per heavy atom. The highest BCUT2D eigenvalue weighted by molar-refractivity contribution is 5.18. The van der Waals surface area contributed by atoms with Crippen molar-refractivity contribution in [1.82, 2.24) is 0 Å². The Bertz CT molecular complexity index is 138. The summed E-state index contributed by atoms with van der Waals surface area (Å²) in [7, 11) is 0. The van der Waals surface area contributed by atoms with Crippen molar-refractivity contribution in [3.63, 3.8) is 0 Å². The number of rotatable bonds is 2. The van der Waals surface area contributed by atoms with Crippen LogP contribution in [-0.4, -0.2) is 6.54 Å². The fraction of sp³-hybridized carbons (Fsp3) is 0.333. The van der Waals surface area contributed by atoms with Gasteiger partial charge in [-0.05, 0) is 13.0 Å². The molecule has 0 aliphatic carbocycles. The standard InChI is InChI=1S/C6H11FN2/c1-5(4-8)2-6(9)3-7/h2-3H,4,8-9H2,1H3. The molecule has 0 aromatic carbocycles. The maximum Gasteiger partial charge on any atom is 0.110 e. The zero-order valence-electron chi connectivity index (χ0n) is 5.39. The van der Waals surface area contributed by atoms with E-state index in [1.165, 1.54) is 6.08 Å². The topological polar surface area (TPSA) is 52.0 Å². The number of allylic oxidation sites excluding steroid dienone is 1. The van der Waals surface area contributed by atoms with E-state index in [2.05, 4.69) is 0 Å². The molecular weight excluding hydrogens is 119 g/mol. The van der Waals surface area contributed by atoms with Crippen LogP contribution < -0.4 is 11.5 Å². The van der Waals surface area contributed by atoms with E-state index in [-0.39, 0.29) is 5.70 Å². The van der Waals surface area contributed by atoms with Crippen LogP contribution in [0.3, 0.4) is 0 Å². The van der Waals surface area contributed by atoms with Gasteiger partial charge in [0.15, 0.2) is 0 Å². The number of hydrogen-bond acceptors (Lipinski definition) is 2. The Morgan fingerprint density at radius 3 is 2.56 bits per heavy atom. The summed E-state index contributed by atoms with van der Waals surface area (Å²) in [6.07, 6.45) is 1.85. The SMILES string of the molecule is CC(=CC(N)=CF)CN. The van der Waals surface area contributed by atoms with Gasteiger partial charge in [0.1, 0.15) is 6.33 Å². The van der Waals surface area contributed by atoms with Gasteiger partial charge < -0.3 is 11.5 Å². The van der Waals surface area contributed by atoms with Gasteiger partial charge in [0.05, 0.1) is 5.70 Å². The van der Waals surface area contributed by atoms with Gasteiger partial charge in [-0.15, -0.1) is 0 Å². The van der Waals surface area contributed by atoms with Crippen LogP contribution in [0.2, 0.25) is 0 Å². The van der Waals surface area contributed by atoms with E-state index in [1.54, 1.807) is 6.92 Å². The van der Waals surface area contributed by atoms with E-state index < -0.39 is 0 Å². The third kappa shape index (κ3) is 3.73. The van der Waals surface area contributed by atoms with E-state index in [1.807, 2.05) is 0 Å². The molecule has 0 unspecified atom stereocenters. The predicted molar refractivity (Wildman–Crippen MR) is 36.2 cm³/mol. The second kappa shape index (κ2) is 4.09. The molecule has 0 aromatic rings. The molecule has 4 N–H and O–H groups in total. The van der Waals surface area contributed by atoms with Gasteiger partial charge in [-0.3, -0.25) is 0 Å². The van der Waals surface area contributed by atoms with Crippen molar-refractivity contribution in [2.75, 3.05) is 6.54 Å². The van der Waals surface area contributed by atoms with Crippen LogP contribution in [0.25, 0.3) is 0 Å². The summed E-state index contributed by atoms with van der Waals surface area (Å²) < 4.78 is 11.5. The van der Waals surface area contributed by atoms with Crippen LogP contribution in [0.1, 0.15) is 6.92 Å². The lowest BCUT2D eigenvalue weighted by Gasteiger charge is -1.92. The summed E-state index contributed by atoms with van der Waals surface area (Å²) in [6, 6.07) is 0. The molecule has 2 nitrogen and oxygen atoms in total. The van der Waals surface area contributed by atoms with E-state index >= 15 is 0 Å². The molecule has 0 heterocycles. The van der Waals surface area contributed by atoms with Crippen molar-refractivity contribution in [2.24, 2.45) is 11.5 Å². The van der Waals surface area contributed by atoms with Crippen molar-refractivity contribution in [1.29, 1.82) is 0 Å². The molecule has 0 radical (unpaired) electrons. The van der Waals surface area contributed by atoms with Gasteiger partial charge >= 0.3 is 0 Å². The van der Waals surface area contributed by atoms with Crippen LogP contribution >= 0.6 is 0 Å². The molecule has 0 amide bonds. The summed E-state index contributed by atoms with van der Waals surface area (Å²) in [6.45, 7) is 2.20. The molecule has 0 aromatic heterocycles. The van der Waals surface area contributed by atoms with E-state index in [0.717, 1.165) is 5.57 Å². The molecule has 0 rings (SSSR count). The average Bonchev–Trinajstić information content (AvgIpc) is 1.87. The van der Waals surface area contributed by atoms with Gasteiger partial charge in [0.25, 0.3) is 0 Å². The highest BCUT2D eigenvalue weighted by Crippen LogP contribution is 1.93. The highest BCUT2D eigenvalue weighted by Gasteiger charge is 1.84. The van der Waals surface area contributed by atoms with Gasteiger partial charge in [-0.1, -0.05) is 5.57 Å². The van der Waals surface area contributed by atoms with Crippen LogP contribution in [0, 0.1) is 0 Å². The number of nitrogens with two attached hydrogens (primary N) is 2. The van der Waals surface area contributed by atoms with Crippen LogP contribution in [0.15, 0.2) is 23.7 Å². The lowest BCUT2D eigenvalue weighted by Crippen LogP contribution is -2.02. The van der Waals surface area contributed by atoms with Crippen molar-refractivity contribution < 1.29 is 4.39 Å².